The van der Waals surface area contributed by atoms with E-state index >= 15 is 0 Å². The first kappa shape index (κ1) is 22.4. The molecule has 0 saturated carbocycles. The summed E-state index contributed by atoms with van der Waals surface area (Å²) in [5, 5.41) is 3.02. The Morgan fingerprint density at radius 1 is 1.42 bits per heavy atom. The molecule has 0 spiro atoms. The highest BCUT2D eigenvalue weighted by Gasteiger charge is 2.21. The fourth-order valence-electron chi connectivity index (χ4n) is 2.63. The molecule has 0 aliphatic carbocycles. The Balaban J connectivity index is 0.00000169. The van der Waals surface area contributed by atoms with Gasteiger partial charge in [-0.05, 0) is 25.5 Å². The third-order valence-corrected chi connectivity index (χ3v) is 4.73. The molecule has 26 heavy (non-hydrogen) atoms. The largest absolute Gasteiger partial charge is 0.487 e. The van der Waals surface area contributed by atoms with Gasteiger partial charge in [0.25, 0.3) is 0 Å². The van der Waals surface area contributed by atoms with E-state index in [1.165, 1.54) is 0 Å². The molecule has 0 radical (unpaired) electrons. The van der Waals surface area contributed by atoms with Crippen LogP contribution in [0.5, 0.6) is 5.75 Å². The maximum atomic E-state index is 12.2. The van der Waals surface area contributed by atoms with Crippen LogP contribution in [0.3, 0.4) is 0 Å². The number of rotatable bonds is 5. The molecule has 0 unspecified atom stereocenters. The number of hydrogen-bond acceptors (Lipinski definition) is 5. The molecule has 1 saturated heterocycles. The van der Waals surface area contributed by atoms with Gasteiger partial charge in [0.2, 0.25) is 5.91 Å². The number of nitrogens with two attached hydrogens (primary N) is 1. The van der Waals surface area contributed by atoms with Crippen LogP contribution in [0.25, 0.3) is 6.08 Å². The second-order valence-corrected chi connectivity index (χ2v) is 6.91. The summed E-state index contributed by atoms with van der Waals surface area (Å²) in [5.41, 5.74) is 7.64. The highest BCUT2D eigenvalue weighted by atomic mass is 35.5. The van der Waals surface area contributed by atoms with Gasteiger partial charge >= 0.3 is 0 Å². The molecular formula is C18H23Cl2N3O2S. The van der Waals surface area contributed by atoms with Crippen LogP contribution in [-0.2, 0) is 11.4 Å². The first-order chi connectivity index (χ1) is 11.6. The van der Waals surface area contributed by atoms with Gasteiger partial charge in [0.15, 0.2) is 0 Å². The quantitative estimate of drug-likeness (QED) is 0.759. The van der Waals surface area contributed by atoms with Gasteiger partial charge in [-0.25, -0.2) is 4.98 Å². The number of ether oxygens (including phenoxy) is 1. The van der Waals surface area contributed by atoms with Gasteiger partial charge in [-0.3, -0.25) is 4.79 Å². The number of amides is 1. The monoisotopic (exact) mass is 415 g/mol. The normalized spacial score (nSPS) is 16.2. The van der Waals surface area contributed by atoms with Gasteiger partial charge in [0.1, 0.15) is 12.4 Å². The third kappa shape index (κ3) is 5.99. The lowest BCUT2D eigenvalue weighted by atomic mass is 10.2. The SMILES string of the molecule is Cc1nc(COc2ccccc2C=CC(=O)N2CC[C@H](N)C2)cs1.Cl.Cl. The van der Waals surface area contributed by atoms with Crippen molar-refractivity contribution in [2.24, 2.45) is 5.73 Å². The number of halogens is 2. The van der Waals surface area contributed by atoms with Crippen molar-refractivity contribution in [3.8, 4) is 5.75 Å². The second-order valence-electron chi connectivity index (χ2n) is 5.85. The van der Waals surface area contributed by atoms with Crippen molar-refractivity contribution in [1.82, 2.24) is 9.88 Å². The Bertz CT molecular complexity index is 752. The van der Waals surface area contributed by atoms with E-state index in [9.17, 15) is 4.79 Å². The summed E-state index contributed by atoms with van der Waals surface area (Å²) in [6, 6.07) is 7.77. The number of aryl methyl sites for hydroxylation is 1. The van der Waals surface area contributed by atoms with Gasteiger partial charge in [0, 0.05) is 36.2 Å². The molecule has 2 N–H and O–H groups in total. The van der Waals surface area contributed by atoms with Crippen molar-refractivity contribution < 1.29 is 9.53 Å². The predicted molar refractivity (Wildman–Crippen MR) is 110 cm³/mol. The van der Waals surface area contributed by atoms with Crippen molar-refractivity contribution in [2.45, 2.75) is 26.0 Å². The minimum Gasteiger partial charge on any atom is -0.487 e. The van der Waals surface area contributed by atoms with E-state index in [0.29, 0.717) is 13.2 Å². The number of hydrogen-bond donors (Lipinski definition) is 1. The number of carbonyl (C=O) groups is 1. The second kappa shape index (κ2) is 10.5. The minimum absolute atomic E-state index is 0. The Kier molecular flexibility index (Phi) is 9.08. The summed E-state index contributed by atoms with van der Waals surface area (Å²) in [5.74, 6) is 0.734. The third-order valence-electron chi connectivity index (χ3n) is 3.90. The predicted octanol–water partition coefficient (Wildman–Crippen LogP) is 3.45. The summed E-state index contributed by atoms with van der Waals surface area (Å²) in [6.07, 6.45) is 4.26. The van der Waals surface area contributed by atoms with Crippen molar-refractivity contribution in [3.63, 3.8) is 0 Å². The molecule has 1 atom stereocenters. The van der Waals surface area contributed by atoms with E-state index in [2.05, 4.69) is 4.98 Å². The van der Waals surface area contributed by atoms with E-state index in [0.717, 1.165) is 35.0 Å². The van der Waals surface area contributed by atoms with E-state index in [-0.39, 0.29) is 36.8 Å². The van der Waals surface area contributed by atoms with Gasteiger partial charge in [-0.1, -0.05) is 18.2 Å². The van der Waals surface area contributed by atoms with E-state index in [1.807, 2.05) is 36.6 Å². The Hall–Kier alpha value is -1.60. The fourth-order valence-corrected chi connectivity index (χ4v) is 3.23. The van der Waals surface area contributed by atoms with Gasteiger partial charge in [0.05, 0.1) is 10.7 Å². The number of thiazole rings is 1. The van der Waals surface area contributed by atoms with Crippen molar-refractivity contribution >= 4 is 48.1 Å². The fraction of sp³-hybridized carbons (Fsp3) is 0.333. The van der Waals surface area contributed by atoms with Crippen LogP contribution in [0.15, 0.2) is 35.7 Å². The maximum absolute atomic E-state index is 12.2. The van der Waals surface area contributed by atoms with Crippen molar-refractivity contribution in [3.05, 3.63) is 52.0 Å². The van der Waals surface area contributed by atoms with Crippen molar-refractivity contribution in [1.29, 1.82) is 0 Å². The smallest absolute Gasteiger partial charge is 0.246 e. The lowest BCUT2D eigenvalue weighted by Gasteiger charge is -2.13. The zero-order chi connectivity index (χ0) is 16.9. The molecule has 1 amide bonds. The minimum atomic E-state index is -0.00659. The molecule has 3 rings (SSSR count). The number of benzene rings is 1. The zero-order valence-corrected chi connectivity index (χ0v) is 16.9. The van der Waals surface area contributed by atoms with Crippen LogP contribution >= 0.6 is 36.2 Å². The average Bonchev–Trinajstić information content (AvgIpc) is 3.20. The highest BCUT2D eigenvalue weighted by molar-refractivity contribution is 7.09. The van der Waals surface area contributed by atoms with E-state index in [4.69, 9.17) is 10.5 Å². The first-order valence-electron chi connectivity index (χ1n) is 7.97. The summed E-state index contributed by atoms with van der Waals surface area (Å²) in [7, 11) is 0. The Labute approximate surface area is 170 Å². The van der Waals surface area contributed by atoms with E-state index < -0.39 is 0 Å². The molecule has 2 aromatic rings. The molecule has 8 heteroatoms. The molecule has 1 aliphatic heterocycles. The van der Waals surface area contributed by atoms with Crippen LogP contribution in [0.1, 0.15) is 22.7 Å². The van der Waals surface area contributed by atoms with Crippen LogP contribution in [-0.4, -0.2) is 34.9 Å². The van der Waals surface area contributed by atoms with Gasteiger partial charge < -0.3 is 15.4 Å². The number of aromatic nitrogens is 1. The molecule has 0 bridgehead atoms. The summed E-state index contributed by atoms with van der Waals surface area (Å²) >= 11 is 1.61. The number of para-hydroxylation sites is 1. The van der Waals surface area contributed by atoms with Crippen LogP contribution in [0, 0.1) is 6.92 Å². The maximum Gasteiger partial charge on any atom is 0.246 e. The van der Waals surface area contributed by atoms with Gasteiger partial charge in [-0.2, -0.15) is 0 Å². The number of carbonyl (C=O) groups excluding carboxylic acids is 1. The molecule has 1 aliphatic rings. The molecule has 142 valence electrons. The molecule has 5 nitrogen and oxygen atoms in total. The van der Waals surface area contributed by atoms with E-state index in [1.54, 1.807) is 28.4 Å². The topological polar surface area (TPSA) is 68.5 Å². The number of likely N-dealkylation sites (tertiary alicyclic amines) is 1. The summed E-state index contributed by atoms with van der Waals surface area (Å²) < 4.78 is 5.86. The van der Waals surface area contributed by atoms with Gasteiger partial charge in [-0.15, -0.1) is 36.2 Å². The lowest BCUT2D eigenvalue weighted by molar-refractivity contribution is -0.124. The Morgan fingerprint density at radius 3 is 2.85 bits per heavy atom. The highest BCUT2D eigenvalue weighted by Crippen LogP contribution is 2.21. The summed E-state index contributed by atoms with van der Waals surface area (Å²) in [6.45, 7) is 3.75. The molecule has 1 fully saturated rings. The standard InChI is InChI=1S/C18H21N3O2S.2ClH/c1-13-20-16(12-24-13)11-23-17-5-3-2-4-14(17)6-7-18(22)21-9-8-15(19)10-21;;/h2-7,12,15H,8-11,19H2,1H3;2*1H/t15-;;/m0../s1. The zero-order valence-electron chi connectivity index (χ0n) is 14.5. The van der Waals surface area contributed by atoms with Crippen LogP contribution < -0.4 is 10.5 Å². The molecule has 1 aromatic carbocycles. The number of nitrogens with zero attached hydrogens (tertiary/aromatic N) is 2. The lowest BCUT2D eigenvalue weighted by Crippen LogP contribution is -2.30. The van der Waals surface area contributed by atoms with Crippen LogP contribution in [0.4, 0.5) is 0 Å². The Morgan fingerprint density at radius 2 is 2.19 bits per heavy atom. The average molecular weight is 416 g/mol. The molecular weight excluding hydrogens is 393 g/mol. The first-order valence-corrected chi connectivity index (χ1v) is 8.85. The summed E-state index contributed by atoms with van der Waals surface area (Å²) in [4.78, 5) is 18.4. The van der Waals surface area contributed by atoms with Crippen LogP contribution in [0.2, 0.25) is 0 Å². The molecule has 1 aromatic heterocycles. The van der Waals surface area contributed by atoms with Crippen molar-refractivity contribution in [2.75, 3.05) is 13.1 Å². The molecule has 2 heterocycles.